The zero-order valence-electron chi connectivity index (χ0n) is 12.6. The molecule has 0 aliphatic heterocycles. The summed E-state index contributed by atoms with van der Waals surface area (Å²) in [4.78, 5) is 21.6. The third-order valence-corrected chi connectivity index (χ3v) is 3.84. The molecule has 24 heavy (non-hydrogen) atoms. The van der Waals surface area contributed by atoms with Gasteiger partial charge in [-0.25, -0.2) is 4.79 Å². The van der Waals surface area contributed by atoms with E-state index in [9.17, 15) is 14.9 Å². The van der Waals surface area contributed by atoms with Crippen LogP contribution in [0.5, 0.6) is 5.75 Å². The highest BCUT2D eigenvalue weighted by Crippen LogP contribution is 2.31. The number of hydrogen-bond acceptors (Lipinski definition) is 5. The number of aryl methyl sites for hydroxylation is 1. The van der Waals surface area contributed by atoms with Crippen molar-refractivity contribution < 1.29 is 14.1 Å². The molecule has 0 N–H and O–H groups in total. The average Bonchev–Trinajstić information content (AvgIpc) is 2.54. The van der Waals surface area contributed by atoms with Crippen LogP contribution in [0.3, 0.4) is 0 Å². The molecule has 0 amide bonds. The van der Waals surface area contributed by atoms with Crippen molar-refractivity contribution in [3.05, 3.63) is 79.1 Å². The van der Waals surface area contributed by atoms with E-state index in [-0.39, 0.29) is 12.3 Å². The van der Waals surface area contributed by atoms with Gasteiger partial charge in [-0.2, -0.15) is 0 Å². The van der Waals surface area contributed by atoms with Crippen LogP contribution in [0.15, 0.2) is 51.7 Å². The van der Waals surface area contributed by atoms with E-state index in [0.717, 1.165) is 16.5 Å². The fourth-order valence-corrected chi connectivity index (χ4v) is 2.52. The molecule has 1 heterocycles. The van der Waals surface area contributed by atoms with Crippen molar-refractivity contribution >= 4 is 28.3 Å². The summed E-state index contributed by atoms with van der Waals surface area (Å²) in [5.74, 6) is 0.372. The Hall–Kier alpha value is -2.86. The number of nitrogens with zero attached hydrogens (tertiary/aromatic N) is 1. The molecule has 3 rings (SSSR count). The molecule has 6 nitrogen and oxygen atoms in total. The molecule has 3 aromatic rings. The minimum atomic E-state index is -0.463. The first kappa shape index (κ1) is 16.0. The van der Waals surface area contributed by atoms with E-state index in [1.54, 1.807) is 31.2 Å². The molecule has 0 bridgehead atoms. The van der Waals surface area contributed by atoms with Crippen LogP contribution in [0.25, 0.3) is 11.0 Å². The van der Waals surface area contributed by atoms with E-state index in [0.29, 0.717) is 16.4 Å². The van der Waals surface area contributed by atoms with Gasteiger partial charge in [-0.1, -0.05) is 11.6 Å². The molecule has 0 saturated heterocycles. The Balaban J connectivity index is 1.86. The summed E-state index contributed by atoms with van der Waals surface area (Å²) < 4.78 is 10.8. The van der Waals surface area contributed by atoms with Gasteiger partial charge < -0.3 is 9.15 Å². The van der Waals surface area contributed by atoms with Crippen molar-refractivity contribution in [2.45, 2.75) is 13.5 Å². The number of fused-ring (bicyclic) bond motifs is 1. The Morgan fingerprint density at radius 3 is 2.58 bits per heavy atom. The predicted octanol–water partition coefficient (Wildman–Crippen LogP) is 4.24. The second kappa shape index (κ2) is 6.33. The fourth-order valence-electron chi connectivity index (χ4n) is 2.31. The van der Waals surface area contributed by atoms with Gasteiger partial charge in [0, 0.05) is 29.7 Å². The smallest absolute Gasteiger partial charge is 0.336 e. The zero-order chi connectivity index (χ0) is 17.3. The normalized spacial score (nSPS) is 10.8. The lowest BCUT2D eigenvalue weighted by molar-refractivity contribution is -0.384. The number of hydrogen-bond donors (Lipinski definition) is 0. The van der Waals surface area contributed by atoms with Crippen LogP contribution in [0.1, 0.15) is 11.1 Å². The van der Waals surface area contributed by atoms with Crippen LogP contribution in [-0.2, 0) is 6.61 Å². The number of non-ortho nitro benzene ring substituents is 1. The topological polar surface area (TPSA) is 82.6 Å². The molecule has 0 spiro atoms. The van der Waals surface area contributed by atoms with E-state index in [2.05, 4.69) is 0 Å². The molecular formula is C17H12ClNO5. The summed E-state index contributed by atoms with van der Waals surface area (Å²) in [7, 11) is 0. The van der Waals surface area contributed by atoms with E-state index >= 15 is 0 Å². The van der Waals surface area contributed by atoms with Crippen LogP contribution in [0, 0.1) is 17.0 Å². The molecule has 0 aliphatic rings. The first-order valence-electron chi connectivity index (χ1n) is 7.04. The number of nitro groups is 1. The highest BCUT2D eigenvalue weighted by atomic mass is 35.5. The molecule has 0 radical (unpaired) electrons. The predicted molar refractivity (Wildman–Crippen MR) is 89.7 cm³/mol. The quantitative estimate of drug-likeness (QED) is 0.401. The minimum Gasteiger partial charge on any atom is -0.487 e. The van der Waals surface area contributed by atoms with Gasteiger partial charge in [0.15, 0.2) is 0 Å². The Labute approximate surface area is 141 Å². The van der Waals surface area contributed by atoms with Crippen molar-refractivity contribution in [2.24, 2.45) is 0 Å². The van der Waals surface area contributed by atoms with Crippen LogP contribution >= 0.6 is 11.6 Å². The van der Waals surface area contributed by atoms with Gasteiger partial charge in [-0.3, -0.25) is 10.1 Å². The van der Waals surface area contributed by atoms with Crippen molar-refractivity contribution in [2.75, 3.05) is 0 Å². The van der Waals surface area contributed by atoms with Crippen molar-refractivity contribution in [3.63, 3.8) is 0 Å². The van der Waals surface area contributed by atoms with Gasteiger partial charge in [0.25, 0.3) is 5.69 Å². The Morgan fingerprint density at radius 1 is 1.21 bits per heavy atom. The number of benzene rings is 2. The van der Waals surface area contributed by atoms with Gasteiger partial charge in [0.1, 0.15) is 17.9 Å². The molecule has 0 saturated carbocycles. The third-order valence-electron chi connectivity index (χ3n) is 3.55. The van der Waals surface area contributed by atoms with Gasteiger partial charge in [-0.05, 0) is 36.2 Å². The second-order valence-electron chi connectivity index (χ2n) is 5.24. The SMILES string of the molecule is Cc1cc(=O)oc2cc(OCc3ccc([N+](=O)[O-])cc3)c(Cl)cc12. The molecule has 1 aromatic heterocycles. The summed E-state index contributed by atoms with van der Waals surface area (Å²) in [5.41, 5.74) is 1.49. The van der Waals surface area contributed by atoms with Crippen LogP contribution < -0.4 is 10.4 Å². The highest BCUT2D eigenvalue weighted by Gasteiger charge is 2.10. The van der Waals surface area contributed by atoms with Crippen LogP contribution in [-0.4, -0.2) is 4.92 Å². The van der Waals surface area contributed by atoms with Gasteiger partial charge in [-0.15, -0.1) is 0 Å². The Bertz CT molecular complexity index is 979. The summed E-state index contributed by atoms with van der Waals surface area (Å²) in [5, 5.41) is 11.8. The molecule has 0 atom stereocenters. The first-order valence-corrected chi connectivity index (χ1v) is 7.42. The summed E-state index contributed by atoms with van der Waals surface area (Å²) in [6.07, 6.45) is 0. The van der Waals surface area contributed by atoms with Gasteiger partial charge >= 0.3 is 5.63 Å². The number of rotatable bonds is 4. The number of halogens is 1. The van der Waals surface area contributed by atoms with Crippen molar-refractivity contribution in [3.8, 4) is 5.75 Å². The maximum atomic E-state index is 11.5. The standard InChI is InChI=1S/C17H12ClNO5/c1-10-6-17(20)24-15-8-16(14(18)7-13(10)15)23-9-11-2-4-12(5-3-11)19(21)22/h2-8H,9H2,1H3. The van der Waals surface area contributed by atoms with Gasteiger partial charge in [0.2, 0.25) is 0 Å². The van der Waals surface area contributed by atoms with E-state index < -0.39 is 10.5 Å². The Kier molecular flexibility index (Phi) is 4.22. The molecule has 0 unspecified atom stereocenters. The highest BCUT2D eigenvalue weighted by molar-refractivity contribution is 6.32. The van der Waals surface area contributed by atoms with Crippen molar-refractivity contribution in [1.29, 1.82) is 0 Å². The van der Waals surface area contributed by atoms with E-state index in [1.165, 1.54) is 18.2 Å². The summed E-state index contributed by atoms with van der Waals surface area (Å²) in [6, 6.07) is 10.7. The second-order valence-corrected chi connectivity index (χ2v) is 5.65. The molecule has 0 aliphatic carbocycles. The van der Waals surface area contributed by atoms with Crippen molar-refractivity contribution in [1.82, 2.24) is 0 Å². The number of nitro benzene ring substituents is 1. The summed E-state index contributed by atoms with van der Waals surface area (Å²) >= 11 is 6.21. The average molecular weight is 346 g/mol. The third kappa shape index (κ3) is 3.23. The monoisotopic (exact) mass is 345 g/mol. The lowest BCUT2D eigenvalue weighted by atomic mass is 10.1. The largest absolute Gasteiger partial charge is 0.487 e. The molecule has 2 aromatic carbocycles. The lowest BCUT2D eigenvalue weighted by Gasteiger charge is -2.10. The molecule has 0 fully saturated rings. The minimum absolute atomic E-state index is 0.0136. The van der Waals surface area contributed by atoms with Crippen LogP contribution in [0.4, 0.5) is 5.69 Å². The number of ether oxygens (including phenoxy) is 1. The van der Waals surface area contributed by atoms with E-state index in [1.807, 2.05) is 0 Å². The summed E-state index contributed by atoms with van der Waals surface area (Å²) in [6.45, 7) is 1.98. The van der Waals surface area contributed by atoms with E-state index in [4.69, 9.17) is 20.8 Å². The van der Waals surface area contributed by atoms with Gasteiger partial charge in [0.05, 0.1) is 9.95 Å². The fraction of sp³-hybridized carbons (Fsp3) is 0.118. The zero-order valence-corrected chi connectivity index (χ0v) is 13.4. The maximum Gasteiger partial charge on any atom is 0.336 e. The molecule has 122 valence electrons. The Morgan fingerprint density at radius 2 is 1.92 bits per heavy atom. The van der Waals surface area contributed by atoms with Crippen LogP contribution in [0.2, 0.25) is 5.02 Å². The molecular weight excluding hydrogens is 334 g/mol. The maximum absolute atomic E-state index is 11.5. The first-order chi connectivity index (χ1) is 11.4. The lowest BCUT2D eigenvalue weighted by Crippen LogP contribution is -2.00. The molecule has 7 heteroatoms.